The van der Waals surface area contributed by atoms with Gasteiger partial charge in [0.15, 0.2) is 0 Å². The zero-order chi connectivity index (χ0) is 61.9. The lowest BCUT2D eigenvalue weighted by Gasteiger charge is -2.41. The Balaban J connectivity index is 0.678. The topological polar surface area (TPSA) is 206 Å². The van der Waals surface area contributed by atoms with Gasteiger partial charge in [-0.05, 0) is 144 Å². The molecule has 0 unspecified atom stereocenters. The van der Waals surface area contributed by atoms with Crippen molar-refractivity contribution < 1.29 is 38.2 Å². The number of ether oxygens (including phenoxy) is 3. The van der Waals surface area contributed by atoms with Crippen molar-refractivity contribution in [2.24, 2.45) is 11.8 Å². The van der Waals surface area contributed by atoms with Crippen LogP contribution in [0.25, 0.3) is 11.0 Å². The van der Waals surface area contributed by atoms with Gasteiger partial charge >= 0.3 is 6.09 Å². The first kappa shape index (κ1) is 63.4. The Kier molecular flexibility index (Phi) is 21.0. The van der Waals surface area contributed by atoms with Crippen molar-refractivity contribution >= 4 is 46.4 Å². The number of piperidine rings is 2. The molecule has 88 heavy (non-hydrogen) atoms. The van der Waals surface area contributed by atoms with Crippen LogP contribution in [0.15, 0.2) is 83.9 Å². The molecule has 1 aliphatic carbocycles. The van der Waals surface area contributed by atoms with Crippen molar-refractivity contribution in [2.45, 2.75) is 129 Å². The molecule has 5 amide bonds. The van der Waals surface area contributed by atoms with Crippen LogP contribution in [-0.2, 0) is 33.8 Å². The minimum absolute atomic E-state index is 0.00715. The maximum absolute atomic E-state index is 14.6. The summed E-state index contributed by atoms with van der Waals surface area (Å²) >= 11 is 0. The normalized spacial score (nSPS) is 18.9. The van der Waals surface area contributed by atoms with Gasteiger partial charge in [-0.15, -0.1) is 0 Å². The molecule has 472 valence electrons. The Bertz CT molecular complexity index is 3280. The minimum atomic E-state index is -0.775. The van der Waals surface area contributed by atoms with Gasteiger partial charge in [0, 0.05) is 126 Å². The van der Waals surface area contributed by atoms with E-state index in [0.29, 0.717) is 81.0 Å². The number of H-pyrrole nitrogens is 1. The predicted octanol–water partition coefficient (Wildman–Crippen LogP) is 8.13. The fraction of sp³-hybridized carbons (Fsp3) is 0.559. The molecule has 5 aliphatic rings. The van der Waals surface area contributed by atoms with Crippen molar-refractivity contribution in [3.63, 3.8) is 0 Å². The van der Waals surface area contributed by atoms with E-state index in [0.717, 1.165) is 149 Å². The van der Waals surface area contributed by atoms with E-state index in [1.54, 1.807) is 46.1 Å². The summed E-state index contributed by atoms with van der Waals surface area (Å²) in [4.78, 5) is 110. The Morgan fingerprint density at radius 2 is 1.51 bits per heavy atom. The average molecular weight is 1210 g/mol. The van der Waals surface area contributed by atoms with Gasteiger partial charge in [-0.3, -0.25) is 43.7 Å². The second kappa shape index (κ2) is 29.2. The number of aromatic amines is 1. The lowest BCUT2D eigenvalue weighted by atomic mass is 9.83. The standard InChI is InChI=1S/C68H91N11O9/c1-7-49-38-58-59(71-63(49)81)36-48(40-69-58)43-74-28-32-75(33-29-74)55-20-22-57(70-41-55)65(83)76-26-23-47(24-27-76)42-73-30-34-77(35-31-73)66(84)62(50-14-10-9-11-15-50)72-64(82)52-17-12-16-51(37-52)53-18-13-25-78(44-53)61(80)46-79(67(85)88-68(3,4)5)45-54-19-21-56(86-6)39-60(54)87-8-2/h12,16-17,19-22,36-41,47,50,53,62H,7-11,13-15,18,23-35,42-46H2,1-6H3,(H,71,81)(H,72,82)/t53-,62+/m0/s1. The van der Waals surface area contributed by atoms with Gasteiger partial charge in [0.25, 0.3) is 17.4 Å². The van der Waals surface area contributed by atoms with Gasteiger partial charge in [-0.25, -0.2) is 9.78 Å². The van der Waals surface area contributed by atoms with E-state index in [9.17, 15) is 28.8 Å². The summed E-state index contributed by atoms with van der Waals surface area (Å²) in [6.45, 7) is 19.7. The van der Waals surface area contributed by atoms with Gasteiger partial charge in [-0.2, -0.15) is 0 Å². The number of aryl methyl sites for hydroxylation is 1. The highest BCUT2D eigenvalue weighted by molar-refractivity contribution is 5.98. The molecule has 2 N–H and O–H groups in total. The Labute approximate surface area is 518 Å². The monoisotopic (exact) mass is 1210 g/mol. The van der Waals surface area contributed by atoms with E-state index in [1.807, 2.05) is 89.5 Å². The number of fused-ring (bicyclic) bond motifs is 1. The van der Waals surface area contributed by atoms with Crippen LogP contribution in [0.2, 0.25) is 0 Å². The largest absolute Gasteiger partial charge is 0.497 e. The van der Waals surface area contributed by atoms with Crippen LogP contribution < -0.4 is 25.2 Å². The third-order valence-electron chi connectivity index (χ3n) is 18.4. The first-order valence-electron chi connectivity index (χ1n) is 32.2. The smallest absolute Gasteiger partial charge is 0.411 e. The number of rotatable bonds is 19. The maximum atomic E-state index is 14.6. The van der Waals surface area contributed by atoms with Crippen LogP contribution in [0.3, 0.4) is 0 Å². The average Bonchev–Trinajstić information content (AvgIpc) is 3.68. The summed E-state index contributed by atoms with van der Waals surface area (Å²) < 4.78 is 17.1. The van der Waals surface area contributed by atoms with Crippen LogP contribution in [-0.4, -0.2) is 191 Å². The van der Waals surface area contributed by atoms with E-state index < -0.39 is 17.7 Å². The summed E-state index contributed by atoms with van der Waals surface area (Å²) in [5.41, 5.74) is 6.19. The molecule has 0 radical (unpaired) electrons. The third kappa shape index (κ3) is 16.2. The van der Waals surface area contributed by atoms with Crippen LogP contribution in [0.5, 0.6) is 11.5 Å². The number of amides is 5. The molecule has 0 spiro atoms. The van der Waals surface area contributed by atoms with E-state index in [1.165, 1.54) is 4.90 Å². The fourth-order valence-corrected chi connectivity index (χ4v) is 13.4. The summed E-state index contributed by atoms with van der Waals surface area (Å²) in [5, 5.41) is 3.26. The fourth-order valence-electron chi connectivity index (χ4n) is 13.4. The number of hydrogen-bond donors (Lipinski definition) is 2. The number of methoxy groups -OCH3 is 1. The Hall–Kier alpha value is -7.58. The molecule has 3 aromatic heterocycles. The third-order valence-corrected chi connectivity index (χ3v) is 18.4. The quantitative estimate of drug-likeness (QED) is 0.0801. The molecule has 2 aromatic carbocycles. The molecular weight excluding hydrogens is 1110 g/mol. The van der Waals surface area contributed by atoms with Crippen molar-refractivity contribution in [3.8, 4) is 11.5 Å². The Morgan fingerprint density at radius 3 is 2.22 bits per heavy atom. The molecular formula is C68H91N11O9. The van der Waals surface area contributed by atoms with Crippen LogP contribution in [0, 0.1) is 11.8 Å². The van der Waals surface area contributed by atoms with E-state index in [2.05, 4.69) is 35.0 Å². The van der Waals surface area contributed by atoms with Crippen molar-refractivity contribution in [2.75, 3.05) is 110 Å². The van der Waals surface area contributed by atoms with Crippen molar-refractivity contribution in [1.29, 1.82) is 0 Å². The number of aromatic nitrogens is 3. The van der Waals surface area contributed by atoms with E-state index in [4.69, 9.17) is 14.2 Å². The first-order chi connectivity index (χ1) is 42.5. The highest BCUT2D eigenvalue weighted by Crippen LogP contribution is 2.32. The van der Waals surface area contributed by atoms with Crippen LogP contribution >= 0.6 is 0 Å². The van der Waals surface area contributed by atoms with Crippen molar-refractivity contribution in [3.05, 3.63) is 123 Å². The SMILES string of the molecule is CCOc1cc(OC)ccc1CN(CC(=O)N1CCC[C@H](c2cccc(C(=O)N[C@@H](C(=O)N3CCN(CC4CCN(C(=O)c5ccc(N6CCN(Cc7cnc8cc(CC)c(=O)[nH]c8c7)CC6)cn5)CC4)CC3)C3CCCCC3)c2)C1)C(=O)OC(C)(C)C. The number of carbonyl (C=O) groups is 5. The summed E-state index contributed by atoms with van der Waals surface area (Å²) in [6, 6.07) is 20.2. The zero-order valence-electron chi connectivity index (χ0n) is 52.6. The summed E-state index contributed by atoms with van der Waals surface area (Å²) in [6.07, 6.45) is 12.2. The predicted molar refractivity (Wildman–Crippen MR) is 339 cm³/mol. The summed E-state index contributed by atoms with van der Waals surface area (Å²) in [5.74, 6) is 1.14. The molecule has 5 aromatic rings. The highest BCUT2D eigenvalue weighted by Gasteiger charge is 2.37. The molecule has 4 aliphatic heterocycles. The van der Waals surface area contributed by atoms with Gasteiger partial charge < -0.3 is 44.1 Å². The highest BCUT2D eigenvalue weighted by atomic mass is 16.6. The van der Waals surface area contributed by atoms with Gasteiger partial charge in [0.2, 0.25) is 11.8 Å². The number of likely N-dealkylation sites (tertiary alicyclic amines) is 2. The maximum Gasteiger partial charge on any atom is 0.411 e. The van der Waals surface area contributed by atoms with Crippen molar-refractivity contribution in [1.82, 2.24) is 49.7 Å². The molecule has 20 heteroatoms. The van der Waals surface area contributed by atoms with E-state index >= 15 is 0 Å². The number of pyridine rings is 3. The van der Waals surface area contributed by atoms with E-state index in [-0.39, 0.29) is 54.1 Å². The first-order valence-corrected chi connectivity index (χ1v) is 32.2. The van der Waals surface area contributed by atoms with Gasteiger partial charge in [0.05, 0.1) is 43.2 Å². The summed E-state index contributed by atoms with van der Waals surface area (Å²) in [7, 11) is 1.58. The molecule has 0 bridgehead atoms. The lowest BCUT2D eigenvalue weighted by molar-refractivity contribution is -0.137. The number of nitrogens with zero attached hydrogens (tertiary/aromatic N) is 9. The number of hydrogen-bond acceptors (Lipinski definition) is 14. The number of carbonyl (C=O) groups excluding carboxylic acids is 5. The molecule has 10 rings (SSSR count). The van der Waals surface area contributed by atoms with Gasteiger partial charge in [-0.1, -0.05) is 38.3 Å². The number of benzene rings is 2. The molecule has 20 nitrogen and oxygen atoms in total. The van der Waals surface area contributed by atoms with Gasteiger partial charge in [0.1, 0.15) is 35.4 Å². The molecule has 4 saturated heterocycles. The second-order valence-electron chi connectivity index (χ2n) is 25.7. The molecule has 7 heterocycles. The second-order valence-corrected chi connectivity index (χ2v) is 25.7. The number of nitrogens with one attached hydrogen (secondary N) is 2. The number of anilines is 1. The zero-order valence-corrected chi connectivity index (χ0v) is 52.6. The molecule has 1 saturated carbocycles. The Morgan fingerprint density at radius 1 is 0.750 bits per heavy atom. The van der Waals surface area contributed by atoms with Crippen LogP contribution in [0.4, 0.5) is 10.5 Å². The van der Waals surface area contributed by atoms with Crippen LogP contribution in [0.1, 0.15) is 141 Å². The lowest BCUT2D eigenvalue weighted by Crippen LogP contribution is -2.57. The molecule has 5 fully saturated rings. The molecule has 2 atom stereocenters. The number of piperazine rings is 2. The minimum Gasteiger partial charge on any atom is -0.497 e.